The van der Waals surface area contributed by atoms with Crippen LogP contribution in [0.5, 0.6) is 0 Å². The van der Waals surface area contributed by atoms with E-state index in [0.29, 0.717) is 11.7 Å². The number of rotatable bonds is 3. The van der Waals surface area contributed by atoms with E-state index in [9.17, 15) is 10.1 Å². The molecule has 1 aromatic heterocycles. The number of anilines is 1. The summed E-state index contributed by atoms with van der Waals surface area (Å²) in [5, 5.41) is 11.0. The number of aromatic nitrogens is 1. The second kappa shape index (κ2) is 5.30. The molecule has 0 atom stereocenters. The molecule has 0 radical (unpaired) electrons. The van der Waals surface area contributed by atoms with Gasteiger partial charge in [-0.3, -0.25) is 0 Å². The molecule has 0 aliphatic heterocycles. The highest BCUT2D eigenvalue weighted by Crippen LogP contribution is 2.30. The largest absolute Gasteiger partial charge is 0.387 e. The third kappa shape index (κ3) is 2.59. The molecule has 0 saturated heterocycles. The molecule has 1 aliphatic carbocycles. The summed E-state index contributed by atoms with van der Waals surface area (Å²) >= 11 is 0. The van der Waals surface area contributed by atoms with Gasteiger partial charge in [0.2, 0.25) is 0 Å². The summed E-state index contributed by atoms with van der Waals surface area (Å²) in [5.41, 5.74) is 6.46. The van der Waals surface area contributed by atoms with Gasteiger partial charge in [-0.05, 0) is 47.7 Å². The van der Waals surface area contributed by atoms with Gasteiger partial charge in [-0.2, -0.15) is 0 Å². The van der Waals surface area contributed by atoms with E-state index in [-0.39, 0.29) is 11.9 Å². The van der Waals surface area contributed by atoms with Crippen molar-refractivity contribution in [2.24, 2.45) is 5.73 Å². The molecule has 1 aromatic rings. The molecule has 2 rings (SSSR count). The van der Waals surface area contributed by atoms with Crippen LogP contribution >= 0.6 is 0 Å². The van der Waals surface area contributed by atoms with Crippen molar-refractivity contribution in [3.63, 3.8) is 0 Å². The third-order valence-electron chi connectivity index (χ3n) is 3.61. The monoisotopic (exact) mass is 250 g/mol. The lowest BCUT2D eigenvalue weighted by atomic mass is 9.91. The average Bonchev–Trinajstić information content (AvgIpc) is 2.39. The molecule has 0 spiro atoms. The lowest BCUT2D eigenvalue weighted by Crippen LogP contribution is -2.39. The minimum atomic E-state index is -0.430. The SMILES string of the molecule is CN(c1cccnc1[N+](=O)[O-])C1CCC(N)CC1. The van der Waals surface area contributed by atoms with Gasteiger partial charge >= 0.3 is 5.82 Å². The standard InChI is InChI=1S/C12H18N4O2/c1-15(10-6-4-9(13)5-7-10)11-3-2-8-14-12(11)16(17)18/h2-3,8-10H,4-7,13H2,1H3. The summed E-state index contributed by atoms with van der Waals surface area (Å²) in [6.45, 7) is 0. The molecule has 0 amide bonds. The maximum Gasteiger partial charge on any atom is 0.387 e. The zero-order chi connectivity index (χ0) is 13.1. The van der Waals surface area contributed by atoms with Crippen LogP contribution in [0.1, 0.15) is 25.7 Å². The molecule has 1 aliphatic rings. The van der Waals surface area contributed by atoms with Gasteiger partial charge in [0, 0.05) is 19.1 Å². The topological polar surface area (TPSA) is 85.3 Å². The number of nitro groups is 1. The summed E-state index contributed by atoms with van der Waals surface area (Å²) in [4.78, 5) is 16.3. The van der Waals surface area contributed by atoms with Gasteiger partial charge in [-0.15, -0.1) is 0 Å². The Hall–Kier alpha value is -1.69. The van der Waals surface area contributed by atoms with Crippen molar-refractivity contribution in [2.75, 3.05) is 11.9 Å². The predicted octanol–water partition coefficient (Wildman–Crippen LogP) is 1.70. The van der Waals surface area contributed by atoms with E-state index in [1.165, 1.54) is 6.20 Å². The second-order valence-corrected chi connectivity index (χ2v) is 4.78. The van der Waals surface area contributed by atoms with Gasteiger partial charge in [-0.25, -0.2) is 0 Å². The highest BCUT2D eigenvalue weighted by molar-refractivity contribution is 5.59. The van der Waals surface area contributed by atoms with Crippen molar-refractivity contribution in [1.82, 2.24) is 4.98 Å². The Labute approximate surface area is 106 Å². The lowest BCUT2D eigenvalue weighted by Gasteiger charge is -2.34. The molecular weight excluding hydrogens is 232 g/mol. The van der Waals surface area contributed by atoms with Gasteiger partial charge in [0.1, 0.15) is 11.9 Å². The first-order chi connectivity index (χ1) is 8.59. The number of nitrogens with zero attached hydrogens (tertiary/aromatic N) is 3. The molecule has 0 aromatic carbocycles. The van der Waals surface area contributed by atoms with Crippen LogP contribution < -0.4 is 10.6 Å². The van der Waals surface area contributed by atoms with E-state index < -0.39 is 4.92 Å². The fourth-order valence-corrected chi connectivity index (χ4v) is 2.49. The fraction of sp³-hybridized carbons (Fsp3) is 0.583. The second-order valence-electron chi connectivity index (χ2n) is 4.78. The highest BCUT2D eigenvalue weighted by atomic mass is 16.6. The molecule has 2 N–H and O–H groups in total. The van der Waals surface area contributed by atoms with Crippen molar-refractivity contribution in [3.05, 3.63) is 28.4 Å². The van der Waals surface area contributed by atoms with Crippen LogP contribution in [0.4, 0.5) is 11.5 Å². The Bertz CT molecular complexity index is 430. The number of pyridine rings is 1. The van der Waals surface area contributed by atoms with E-state index in [2.05, 4.69) is 4.98 Å². The van der Waals surface area contributed by atoms with Crippen molar-refractivity contribution >= 4 is 11.5 Å². The first kappa shape index (κ1) is 12.8. The third-order valence-corrected chi connectivity index (χ3v) is 3.61. The highest BCUT2D eigenvalue weighted by Gasteiger charge is 2.26. The Morgan fingerprint density at radius 1 is 1.44 bits per heavy atom. The molecule has 1 fully saturated rings. The van der Waals surface area contributed by atoms with Crippen LogP contribution in [-0.2, 0) is 0 Å². The Kier molecular flexibility index (Phi) is 3.76. The van der Waals surface area contributed by atoms with Gasteiger partial charge in [-0.1, -0.05) is 0 Å². The zero-order valence-electron chi connectivity index (χ0n) is 10.5. The normalized spacial score (nSPS) is 23.7. The van der Waals surface area contributed by atoms with Crippen molar-refractivity contribution < 1.29 is 4.92 Å². The van der Waals surface area contributed by atoms with E-state index in [1.54, 1.807) is 12.1 Å². The van der Waals surface area contributed by atoms with Gasteiger partial charge in [0.15, 0.2) is 0 Å². The van der Waals surface area contributed by atoms with Crippen molar-refractivity contribution in [2.45, 2.75) is 37.8 Å². The smallest absolute Gasteiger partial charge is 0.365 e. The van der Waals surface area contributed by atoms with Crippen LogP contribution in [0.15, 0.2) is 18.3 Å². The summed E-state index contributed by atoms with van der Waals surface area (Å²) in [6, 6.07) is 4.07. The molecular formula is C12H18N4O2. The van der Waals surface area contributed by atoms with E-state index in [0.717, 1.165) is 25.7 Å². The maximum absolute atomic E-state index is 11.0. The predicted molar refractivity (Wildman–Crippen MR) is 69.5 cm³/mol. The maximum atomic E-state index is 11.0. The summed E-state index contributed by atoms with van der Waals surface area (Å²) in [5.74, 6) is -0.0742. The van der Waals surface area contributed by atoms with Gasteiger partial charge < -0.3 is 20.7 Å². The quantitative estimate of drug-likeness (QED) is 0.651. The van der Waals surface area contributed by atoms with Gasteiger partial charge in [0.25, 0.3) is 0 Å². The molecule has 6 nitrogen and oxygen atoms in total. The Morgan fingerprint density at radius 2 is 2.11 bits per heavy atom. The first-order valence-electron chi connectivity index (χ1n) is 6.17. The molecule has 98 valence electrons. The van der Waals surface area contributed by atoms with Crippen molar-refractivity contribution in [3.8, 4) is 0 Å². The van der Waals surface area contributed by atoms with E-state index >= 15 is 0 Å². The molecule has 6 heteroatoms. The molecule has 18 heavy (non-hydrogen) atoms. The zero-order valence-corrected chi connectivity index (χ0v) is 10.5. The molecule has 1 saturated carbocycles. The first-order valence-corrected chi connectivity index (χ1v) is 6.17. The van der Waals surface area contributed by atoms with Crippen LogP contribution in [0.2, 0.25) is 0 Å². The van der Waals surface area contributed by atoms with Crippen LogP contribution in [0, 0.1) is 10.1 Å². The van der Waals surface area contributed by atoms with Gasteiger partial charge in [0.05, 0.1) is 0 Å². The summed E-state index contributed by atoms with van der Waals surface area (Å²) in [6.07, 6.45) is 5.35. The summed E-state index contributed by atoms with van der Waals surface area (Å²) in [7, 11) is 1.89. The Balaban J connectivity index is 2.18. The lowest BCUT2D eigenvalue weighted by molar-refractivity contribution is -0.388. The number of hydrogen-bond acceptors (Lipinski definition) is 5. The number of nitrogens with two attached hydrogens (primary N) is 1. The summed E-state index contributed by atoms with van der Waals surface area (Å²) < 4.78 is 0. The Morgan fingerprint density at radius 3 is 2.72 bits per heavy atom. The molecule has 1 heterocycles. The van der Waals surface area contributed by atoms with Crippen LogP contribution in [0.25, 0.3) is 0 Å². The minimum Gasteiger partial charge on any atom is -0.365 e. The van der Waals surface area contributed by atoms with E-state index in [4.69, 9.17) is 5.73 Å². The van der Waals surface area contributed by atoms with Crippen molar-refractivity contribution in [1.29, 1.82) is 0 Å². The van der Waals surface area contributed by atoms with Crippen LogP contribution in [-0.4, -0.2) is 29.0 Å². The minimum absolute atomic E-state index is 0.0742. The van der Waals surface area contributed by atoms with E-state index in [1.807, 2.05) is 11.9 Å². The molecule has 0 bridgehead atoms. The molecule has 0 unspecified atom stereocenters. The fourth-order valence-electron chi connectivity index (χ4n) is 2.49. The number of hydrogen-bond donors (Lipinski definition) is 1. The average molecular weight is 250 g/mol. The van der Waals surface area contributed by atoms with Crippen LogP contribution in [0.3, 0.4) is 0 Å².